The van der Waals surface area contributed by atoms with Gasteiger partial charge in [0.05, 0.1) is 19.8 Å². The van der Waals surface area contributed by atoms with Crippen molar-refractivity contribution in [1.82, 2.24) is 9.55 Å². The molecule has 2 rings (SSSR count). The molecular weight excluding hydrogens is 292 g/mol. The van der Waals surface area contributed by atoms with Crippen molar-refractivity contribution in [2.45, 2.75) is 27.0 Å². The van der Waals surface area contributed by atoms with Gasteiger partial charge in [0.1, 0.15) is 5.15 Å². The highest BCUT2D eigenvalue weighted by molar-refractivity contribution is 6.29. The molecule has 0 atom stereocenters. The summed E-state index contributed by atoms with van der Waals surface area (Å²) in [6.07, 6.45) is 0. The molecule has 21 heavy (non-hydrogen) atoms. The largest absolute Gasteiger partial charge is 0.375 e. The predicted molar refractivity (Wildman–Crippen MR) is 83.8 cm³/mol. The SMILES string of the molecule is CC.O=c1cc(Cl)[nH]c(=O)n1CCOCc1ccccc1. The molecule has 1 aromatic heterocycles. The lowest BCUT2D eigenvalue weighted by Crippen LogP contribution is -2.35. The zero-order valence-corrected chi connectivity index (χ0v) is 12.9. The van der Waals surface area contributed by atoms with Crippen LogP contribution < -0.4 is 11.2 Å². The van der Waals surface area contributed by atoms with Crippen molar-refractivity contribution >= 4 is 11.6 Å². The summed E-state index contributed by atoms with van der Waals surface area (Å²) >= 11 is 5.56. The van der Waals surface area contributed by atoms with Gasteiger partial charge in [-0.15, -0.1) is 0 Å². The second-order valence-electron chi connectivity index (χ2n) is 3.95. The van der Waals surface area contributed by atoms with Gasteiger partial charge >= 0.3 is 5.69 Å². The molecule has 0 unspecified atom stereocenters. The Labute approximate surface area is 128 Å². The van der Waals surface area contributed by atoms with Crippen molar-refractivity contribution in [3.8, 4) is 0 Å². The first-order valence-electron chi connectivity index (χ1n) is 6.78. The van der Waals surface area contributed by atoms with Gasteiger partial charge in [0.15, 0.2) is 0 Å². The number of rotatable bonds is 5. The number of nitrogens with one attached hydrogen (secondary N) is 1. The fourth-order valence-electron chi connectivity index (χ4n) is 1.62. The molecular formula is C15H19ClN2O3. The van der Waals surface area contributed by atoms with Crippen molar-refractivity contribution in [2.24, 2.45) is 0 Å². The Hall–Kier alpha value is -1.85. The molecule has 1 heterocycles. The molecule has 114 valence electrons. The van der Waals surface area contributed by atoms with Gasteiger partial charge in [0.25, 0.3) is 5.56 Å². The van der Waals surface area contributed by atoms with Crippen LogP contribution in [0.5, 0.6) is 0 Å². The summed E-state index contributed by atoms with van der Waals surface area (Å²) in [7, 11) is 0. The first-order chi connectivity index (χ1) is 10.2. The Morgan fingerprint density at radius 3 is 2.48 bits per heavy atom. The molecule has 1 N–H and O–H groups in total. The highest BCUT2D eigenvalue weighted by atomic mass is 35.5. The molecule has 0 fully saturated rings. The van der Waals surface area contributed by atoms with Crippen LogP contribution in [0.1, 0.15) is 19.4 Å². The topological polar surface area (TPSA) is 64.1 Å². The minimum atomic E-state index is -0.527. The van der Waals surface area contributed by atoms with Crippen LogP contribution in [-0.4, -0.2) is 16.2 Å². The van der Waals surface area contributed by atoms with Gasteiger partial charge in [-0.25, -0.2) is 4.79 Å². The van der Waals surface area contributed by atoms with Gasteiger partial charge < -0.3 is 4.74 Å². The van der Waals surface area contributed by atoms with E-state index in [9.17, 15) is 9.59 Å². The van der Waals surface area contributed by atoms with Gasteiger partial charge in [-0.2, -0.15) is 0 Å². The summed E-state index contributed by atoms with van der Waals surface area (Å²) in [5, 5.41) is 0.0384. The number of ether oxygens (including phenoxy) is 1. The number of benzene rings is 1. The molecule has 0 amide bonds. The Morgan fingerprint density at radius 1 is 1.19 bits per heavy atom. The van der Waals surface area contributed by atoms with Crippen molar-refractivity contribution in [2.75, 3.05) is 6.61 Å². The van der Waals surface area contributed by atoms with E-state index in [1.807, 2.05) is 44.2 Å². The van der Waals surface area contributed by atoms with E-state index in [2.05, 4.69) is 4.98 Å². The molecule has 1 aromatic carbocycles. The quantitative estimate of drug-likeness (QED) is 0.681. The highest BCUT2D eigenvalue weighted by Crippen LogP contribution is 2.00. The number of hydrogen-bond acceptors (Lipinski definition) is 3. The summed E-state index contributed by atoms with van der Waals surface area (Å²) < 4.78 is 6.47. The fourth-order valence-corrected chi connectivity index (χ4v) is 1.80. The average Bonchev–Trinajstić information content (AvgIpc) is 2.48. The number of halogens is 1. The Morgan fingerprint density at radius 2 is 1.86 bits per heavy atom. The second kappa shape index (κ2) is 9.15. The van der Waals surface area contributed by atoms with E-state index < -0.39 is 11.2 Å². The van der Waals surface area contributed by atoms with Gasteiger partial charge in [-0.1, -0.05) is 55.8 Å². The van der Waals surface area contributed by atoms with Crippen molar-refractivity contribution < 1.29 is 4.74 Å². The van der Waals surface area contributed by atoms with E-state index in [0.29, 0.717) is 6.61 Å². The highest BCUT2D eigenvalue weighted by Gasteiger charge is 2.02. The zero-order chi connectivity index (χ0) is 15.7. The summed E-state index contributed by atoms with van der Waals surface area (Å²) in [5.74, 6) is 0. The molecule has 0 saturated heterocycles. The van der Waals surface area contributed by atoms with Crippen LogP contribution in [0.25, 0.3) is 0 Å². The first-order valence-corrected chi connectivity index (χ1v) is 7.16. The standard InChI is InChI=1S/C13H13ClN2O3.C2H6/c14-11-8-12(17)16(13(18)15-11)6-7-19-9-10-4-2-1-3-5-10;1-2/h1-5,8H,6-7,9H2,(H,15,18);1-2H3. The molecule has 0 radical (unpaired) electrons. The maximum absolute atomic E-state index is 11.5. The van der Waals surface area contributed by atoms with E-state index in [1.54, 1.807) is 0 Å². The molecule has 0 spiro atoms. The third-order valence-corrected chi connectivity index (χ3v) is 2.76. The molecule has 0 aliphatic heterocycles. The predicted octanol–water partition coefficient (Wildman–Crippen LogP) is 2.43. The Balaban J connectivity index is 0.00000106. The van der Waals surface area contributed by atoms with Crippen LogP contribution in [0.2, 0.25) is 5.15 Å². The maximum atomic E-state index is 11.5. The molecule has 2 aromatic rings. The fraction of sp³-hybridized carbons (Fsp3) is 0.333. The third kappa shape index (κ3) is 5.57. The normalized spacial score (nSPS) is 9.86. The van der Waals surface area contributed by atoms with E-state index in [1.165, 1.54) is 6.07 Å². The van der Waals surface area contributed by atoms with Gasteiger partial charge in [-0.3, -0.25) is 14.3 Å². The number of aromatic amines is 1. The molecule has 0 saturated carbocycles. The Bertz CT molecular complexity index is 619. The van der Waals surface area contributed by atoms with E-state index >= 15 is 0 Å². The molecule has 6 heteroatoms. The Kier molecular flexibility index (Phi) is 7.50. The zero-order valence-electron chi connectivity index (χ0n) is 12.1. The van der Waals surface area contributed by atoms with Crippen LogP contribution in [0.3, 0.4) is 0 Å². The maximum Gasteiger partial charge on any atom is 0.329 e. The second-order valence-corrected chi connectivity index (χ2v) is 4.36. The van der Waals surface area contributed by atoms with Crippen molar-refractivity contribution in [3.63, 3.8) is 0 Å². The van der Waals surface area contributed by atoms with Crippen LogP contribution in [0.15, 0.2) is 46.0 Å². The molecule has 0 bridgehead atoms. The van der Waals surface area contributed by atoms with E-state index in [4.69, 9.17) is 16.3 Å². The van der Waals surface area contributed by atoms with Gasteiger partial charge in [-0.05, 0) is 5.56 Å². The van der Waals surface area contributed by atoms with Crippen LogP contribution >= 0.6 is 11.6 Å². The monoisotopic (exact) mass is 310 g/mol. The number of aromatic nitrogens is 2. The van der Waals surface area contributed by atoms with Crippen molar-refractivity contribution in [3.05, 3.63) is 68.0 Å². The minimum Gasteiger partial charge on any atom is -0.375 e. The summed E-state index contributed by atoms with van der Waals surface area (Å²) in [4.78, 5) is 25.4. The smallest absolute Gasteiger partial charge is 0.329 e. The van der Waals surface area contributed by atoms with E-state index in [0.717, 1.165) is 10.1 Å². The first kappa shape index (κ1) is 17.2. The number of H-pyrrole nitrogens is 1. The number of nitrogens with zero attached hydrogens (tertiary/aromatic N) is 1. The van der Waals surface area contributed by atoms with Gasteiger partial charge in [0.2, 0.25) is 0 Å². The lowest BCUT2D eigenvalue weighted by molar-refractivity contribution is 0.111. The molecule has 0 aliphatic carbocycles. The summed E-state index contributed by atoms with van der Waals surface area (Å²) in [5.41, 5.74) is 0.0812. The summed E-state index contributed by atoms with van der Waals surface area (Å²) in [6.45, 7) is 4.92. The average molecular weight is 311 g/mol. The van der Waals surface area contributed by atoms with E-state index in [-0.39, 0.29) is 18.3 Å². The number of hydrogen-bond donors (Lipinski definition) is 1. The summed E-state index contributed by atoms with van der Waals surface area (Å²) in [6, 6.07) is 10.8. The minimum absolute atomic E-state index is 0.0384. The lowest BCUT2D eigenvalue weighted by atomic mass is 10.2. The van der Waals surface area contributed by atoms with Crippen LogP contribution in [0.4, 0.5) is 0 Å². The third-order valence-electron chi connectivity index (χ3n) is 2.56. The molecule has 5 nitrogen and oxygen atoms in total. The van der Waals surface area contributed by atoms with Crippen LogP contribution in [0, 0.1) is 0 Å². The van der Waals surface area contributed by atoms with Crippen LogP contribution in [-0.2, 0) is 17.9 Å². The van der Waals surface area contributed by atoms with Gasteiger partial charge in [0, 0.05) is 6.07 Å². The lowest BCUT2D eigenvalue weighted by Gasteiger charge is -2.06. The molecule has 0 aliphatic rings. The van der Waals surface area contributed by atoms with Crippen molar-refractivity contribution in [1.29, 1.82) is 0 Å².